The Morgan fingerprint density at radius 2 is 2.24 bits per heavy atom. The standard InChI is InChI=1S/C12H14BrF3N4O/c1-21-7-8(2-4-12(14,15)16)18-10-3-5-20-11(19-10)9(13)6-17-20/h3,5-6,8H,2,4,7H2,1H3,(H,18,19). The molecule has 1 atom stereocenters. The van der Waals surface area contributed by atoms with Crippen LogP contribution in [0.3, 0.4) is 0 Å². The van der Waals surface area contributed by atoms with E-state index in [-0.39, 0.29) is 13.0 Å². The summed E-state index contributed by atoms with van der Waals surface area (Å²) in [7, 11) is 1.45. The Morgan fingerprint density at radius 3 is 2.90 bits per heavy atom. The van der Waals surface area contributed by atoms with E-state index < -0.39 is 18.6 Å². The summed E-state index contributed by atoms with van der Waals surface area (Å²) in [6.07, 6.45) is -1.84. The Kier molecular flexibility index (Phi) is 5.04. The maximum Gasteiger partial charge on any atom is 0.389 e. The molecule has 0 radical (unpaired) electrons. The van der Waals surface area contributed by atoms with Crippen molar-refractivity contribution in [3.63, 3.8) is 0 Å². The molecule has 0 aliphatic heterocycles. The third kappa shape index (κ3) is 4.57. The average Bonchev–Trinajstić information content (AvgIpc) is 2.77. The van der Waals surface area contributed by atoms with E-state index in [9.17, 15) is 13.2 Å². The van der Waals surface area contributed by atoms with Gasteiger partial charge in [0.15, 0.2) is 5.65 Å². The van der Waals surface area contributed by atoms with Gasteiger partial charge in [0.25, 0.3) is 0 Å². The number of methoxy groups -OCH3 is 1. The highest BCUT2D eigenvalue weighted by Gasteiger charge is 2.28. The summed E-state index contributed by atoms with van der Waals surface area (Å²) in [6.45, 7) is 0.170. The van der Waals surface area contributed by atoms with Crippen molar-refractivity contribution in [2.45, 2.75) is 25.1 Å². The summed E-state index contributed by atoms with van der Waals surface area (Å²) in [6, 6.07) is 1.19. The lowest BCUT2D eigenvalue weighted by Gasteiger charge is -2.19. The Bertz CT molecular complexity index is 602. The quantitative estimate of drug-likeness (QED) is 0.852. The molecule has 1 unspecified atom stereocenters. The number of nitrogens with one attached hydrogen (secondary N) is 1. The molecule has 116 valence electrons. The number of aromatic nitrogens is 3. The Balaban J connectivity index is 2.08. The second kappa shape index (κ2) is 6.61. The van der Waals surface area contributed by atoms with Crippen LogP contribution >= 0.6 is 15.9 Å². The number of hydrogen-bond acceptors (Lipinski definition) is 4. The predicted octanol–water partition coefficient (Wildman–Crippen LogP) is 3.26. The van der Waals surface area contributed by atoms with Crippen LogP contribution in [0.2, 0.25) is 0 Å². The zero-order valence-electron chi connectivity index (χ0n) is 11.2. The highest BCUT2D eigenvalue weighted by Crippen LogP contribution is 2.23. The number of fused-ring (bicyclic) bond motifs is 1. The smallest absolute Gasteiger partial charge is 0.383 e. The fraction of sp³-hybridized carbons (Fsp3) is 0.500. The van der Waals surface area contributed by atoms with Crippen LogP contribution in [0.1, 0.15) is 12.8 Å². The van der Waals surface area contributed by atoms with E-state index >= 15 is 0 Å². The molecule has 2 heterocycles. The van der Waals surface area contributed by atoms with Crippen LogP contribution in [-0.4, -0.2) is 40.5 Å². The van der Waals surface area contributed by atoms with Crippen molar-refractivity contribution in [1.82, 2.24) is 14.6 Å². The highest BCUT2D eigenvalue weighted by atomic mass is 79.9. The Labute approximate surface area is 127 Å². The second-order valence-electron chi connectivity index (χ2n) is 4.52. The molecule has 2 aromatic heterocycles. The molecular formula is C12H14BrF3N4O. The Morgan fingerprint density at radius 1 is 1.48 bits per heavy atom. The molecule has 0 aliphatic rings. The molecule has 9 heteroatoms. The second-order valence-corrected chi connectivity index (χ2v) is 5.38. The van der Waals surface area contributed by atoms with Gasteiger partial charge in [0, 0.05) is 19.7 Å². The van der Waals surface area contributed by atoms with Crippen molar-refractivity contribution in [3.05, 3.63) is 22.9 Å². The zero-order valence-corrected chi connectivity index (χ0v) is 12.8. The molecule has 0 saturated heterocycles. The van der Waals surface area contributed by atoms with Crippen molar-refractivity contribution in [2.75, 3.05) is 19.0 Å². The first-order chi connectivity index (χ1) is 9.89. The summed E-state index contributed by atoms with van der Waals surface area (Å²) >= 11 is 3.31. The van der Waals surface area contributed by atoms with Gasteiger partial charge in [-0.2, -0.15) is 18.3 Å². The largest absolute Gasteiger partial charge is 0.389 e. The third-order valence-corrected chi connectivity index (χ3v) is 3.38. The van der Waals surface area contributed by atoms with Crippen LogP contribution in [0.5, 0.6) is 0 Å². The van der Waals surface area contributed by atoms with Gasteiger partial charge < -0.3 is 10.1 Å². The number of hydrogen-bond donors (Lipinski definition) is 1. The Hall–Kier alpha value is -1.35. The first-order valence-electron chi connectivity index (χ1n) is 6.21. The monoisotopic (exact) mass is 366 g/mol. The van der Waals surface area contributed by atoms with E-state index in [4.69, 9.17) is 4.74 Å². The molecule has 0 fully saturated rings. The lowest BCUT2D eigenvalue weighted by Crippen LogP contribution is -2.27. The lowest BCUT2D eigenvalue weighted by molar-refractivity contribution is -0.136. The third-order valence-electron chi connectivity index (χ3n) is 2.82. The normalized spacial score (nSPS) is 13.6. The maximum atomic E-state index is 12.3. The molecule has 1 N–H and O–H groups in total. The molecular weight excluding hydrogens is 353 g/mol. The average molecular weight is 367 g/mol. The van der Waals surface area contributed by atoms with Crippen molar-refractivity contribution < 1.29 is 17.9 Å². The number of alkyl halides is 3. The van der Waals surface area contributed by atoms with Gasteiger partial charge in [-0.15, -0.1) is 0 Å². The lowest BCUT2D eigenvalue weighted by atomic mass is 10.1. The molecule has 0 aromatic carbocycles. The summed E-state index contributed by atoms with van der Waals surface area (Å²) < 4.78 is 44.2. The van der Waals surface area contributed by atoms with Gasteiger partial charge in [-0.05, 0) is 28.4 Å². The van der Waals surface area contributed by atoms with Crippen molar-refractivity contribution in [2.24, 2.45) is 0 Å². The number of halogens is 4. The number of nitrogens with zero attached hydrogens (tertiary/aromatic N) is 3. The molecule has 0 saturated carbocycles. The first kappa shape index (κ1) is 16.0. The molecule has 0 bridgehead atoms. The SMILES string of the molecule is COCC(CCC(F)(F)F)Nc1ccn2ncc(Br)c2n1. The van der Waals surface area contributed by atoms with Crippen molar-refractivity contribution in [3.8, 4) is 0 Å². The first-order valence-corrected chi connectivity index (χ1v) is 7.00. The van der Waals surface area contributed by atoms with Crippen LogP contribution in [0.4, 0.5) is 19.0 Å². The minimum Gasteiger partial charge on any atom is -0.383 e. The molecule has 2 rings (SSSR count). The van der Waals surface area contributed by atoms with Crippen LogP contribution in [-0.2, 0) is 4.74 Å². The molecule has 0 spiro atoms. The number of anilines is 1. The van der Waals surface area contributed by atoms with Crippen LogP contribution in [0.25, 0.3) is 5.65 Å². The van der Waals surface area contributed by atoms with E-state index in [1.54, 1.807) is 23.0 Å². The zero-order chi connectivity index (χ0) is 15.5. The maximum absolute atomic E-state index is 12.3. The molecule has 0 aliphatic carbocycles. The van der Waals surface area contributed by atoms with Gasteiger partial charge in [0.2, 0.25) is 0 Å². The summed E-state index contributed by atoms with van der Waals surface area (Å²) in [5.74, 6) is 0.480. The van der Waals surface area contributed by atoms with Crippen LogP contribution in [0, 0.1) is 0 Å². The molecule has 2 aromatic rings. The van der Waals surface area contributed by atoms with Gasteiger partial charge in [-0.1, -0.05) is 0 Å². The molecule has 0 amide bonds. The van der Waals surface area contributed by atoms with E-state index in [2.05, 4.69) is 31.3 Å². The predicted molar refractivity (Wildman–Crippen MR) is 75.3 cm³/mol. The van der Waals surface area contributed by atoms with Gasteiger partial charge in [0.05, 0.1) is 23.3 Å². The van der Waals surface area contributed by atoms with Crippen molar-refractivity contribution >= 4 is 27.4 Å². The minimum atomic E-state index is -4.18. The summed E-state index contributed by atoms with van der Waals surface area (Å²) in [4.78, 5) is 4.31. The van der Waals surface area contributed by atoms with E-state index in [0.717, 1.165) is 0 Å². The van der Waals surface area contributed by atoms with Gasteiger partial charge in [0.1, 0.15) is 5.82 Å². The highest BCUT2D eigenvalue weighted by molar-refractivity contribution is 9.10. The molecule has 5 nitrogen and oxygen atoms in total. The van der Waals surface area contributed by atoms with Gasteiger partial charge >= 0.3 is 6.18 Å². The number of ether oxygens (including phenoxy) is 1. The van der Waals surface area contributed by atoms with Gasteiger partial charge in [-0.3, -0.25) is 0 Å². The van der Waals surface area contributed by atoms with E-state index in [1.165, 1.54) is 7.11 Å². The van der Waals surface area contributed by atoms with Gasteiger partial charge in [-0.25, -0.2) is 9.50 Å². The minimum absolute atomic E-state index is 0.0787. The van der Waals surface area contributed by atoms with Crippen molar-refractivity contribution in [1.29, 1.82) is 0 Å². The summed E-state index contributed by atoms with van der Waals surface area (Å²) in [5, 5.41) is 7.01. The topological polar surface area (TPSA) is 51.5 Å². The van der Waals surface area contributed by atoms with E-state index in [1.807, 2.05) is 0 Å². The summed E-state index contributed by atoms with van der Waals surface area (Å²) in [5.41, 5.74) is 0.590. The fourth-order valence-corrected chi connectivity index (χ4v) is 2.23. The molecule has 21 heavy (non-hydrogen) atoms. The number of rotatable bonds is 6. The fourth-order valence-electron chi connectivity index (χ4n) is 1.87. The van der Waals surface area contributed by atoms with Crippen LogP contribution < -0.4 is 5.32 Å². The van der Waals surface area contributed by atoms with Crippen LogP contribution in [0.15, 0.2) is 22.9 Å². The van der Waals surface area contributed by atoms with E-state index in [0.29, 0.717) is 15.9 Å².